The molecule has 0 aromatic heterocycles. The first-order chi connectivity index (χ1) is 8.20. The average molecular weight is 231 g/mol. The molecule has 2 atom stereocenters. The van der Waals surface area contributed by atoms with Gasteiger partial charge in [0.05, 0.1) is 12.6 Å². The van der Waals surface area contributed by atoms with Crippen LogP contribution in [0.15, 0.2) is 29.8 Å². The molecule has 2 N–H and O–H groups in total. The molecule has 4 heteroatoms. The van der Waals surface area contributed by atoms with Crippen molar-refractivity contribution in [2.75, 3.05) is 6.61 Å². The standard InChI is InChI=1S/C13H13NO3/c1-2-16-12(15)13-9(11(13)14)7-8-5-3-4-6-10(8)17-13/h3-7,11H,2,14H2,1H3. The fourth-order valence-corrected chi connectivity index (χ4v) is 2.23. The van der Waals surface area contributed by atoms with Crippen molar-refractivity contribution in [2.45, 2.75) is 18.6 Å². The highest BCUT2D eigenvalue weighted by Gasteiger charge is 2.69. The summed E-state index contributed by atoms with van der Waals surface area (Å²) in [4.78, 5) is 11.9. The van der Waals surface area contributed by atoms with Gasteiger partial charge in [-0.25, -0.2) is 4.79 Å². The second-order valence-corrected chi connectivity index (χ2v) is 4.17. The summed E-state index contributed by atoms with van der Waals surface area (Å²) in [5.41, 5.74) is 6.61. The van der Waals surface area contributed by atoms with Crippen LogP contribution in [0.3, 0.4) is 0 Å². The molecular weight excluding hydrogens is 218 g/mol. The Morgan fingerprint density at radius 3 is 3.06 bits per heavy atom. The lowest BCUT2D eigenvalue weighted by molar-refractivity contribution is -0.153. The molecule has 0 bridgehead atoms. The van der Waals surface area contributed by atoms with Crippen LogP contribution in [-0.2, 0) is 9.53 Å². The van der Waals surface area contributed by atoms with E-state index in [9.17, 15) is 4.79 Å². The summed E-state index contributed by atoms with van der Waals surface area (Å²) < 4.78 is 10.8. The molecule has 1 aromatic carbocycles. The molecule has 1 fully saturated rings. The summed E-state index contributed by atoms with van der Waals surface area (Å²) in [6, 6.07) is 7.15. The van der Waals surface area contributed by atoms with Gasteiger partial charge in [0, 0.05) is 11.1 Å². The average Bonchev–Trinajstić information content (AvgIpc) is 2.93. The zero-order chi connectivity index (χ0) is 12.0. The van der Waals surface area contributed by atoms with E-state index in [4.69, 9.17) is 15.2 Å². The Balaban J connectivity index is 2.00. The Kier molecular flexibility index (Phi) is 2.03. The molecule has 1 aromatic rings. The lowest BCUT2D eigenvalue weighted by atomic mass is 10.1. The smallest absolute Gasteiger partial charge is 0.357 e. The maximum atomic E-state index is 11.9. The molecule has 2 aliphatic rings. The summed E-state index contributed by atoms with van der Waals surface area (Å²) in [5, 5.41) is 0. The second-order valence-electron chi connectivity index (χ2n) is 4.17. The van der Waals surface area contributed by atoms with Gasteiger partial charge in [-0.2, -0.15) is 0 Å². The third-order valence-corrected chi connectivity index (χ3v) is 3.20. The lowest BCUT2D eigenvalue weighted by Crippen LogP contribution is -2.38. The van der Waals surface area contributed by atoms with Crippen molar-refractivity contribution in [3.63, 3.8) is 0 Å². The predicted octanol–water partition coefficient (Wildman–Crippen LogP) is 1.11. The van der Waals surface area contributed by atoms with E-state index in [1.54, 1.807) is 6.92 Å². The van der Waals surface area contributed by atoms with Crippen LogP contribution in [0.2, 0.25) is 0 Å². The van der Waals surface area contributed by atoms with Crippen molar-refractivity contribution >= 4 is 12.0 Å². The van der Waals surface area contributed by atoms with Gasteiger partial charge in [-0.15, -0.1) is 0 Å². The first kappa shape index (κ1) is 10.4. The molecule has 0 saturated heterocycles. The van der Waals surface area contributed by atoms with Crippen molar-refractivity contribution < 1.29 is 14.3 Å². The van der Waals surface area contributed by atoms with Crippen LogP contribution in [0.4, 0.5) is 0 Å². The van der Waals surface area contributed by atoms with E-state index >= 15 is 0 Å². The van der Waals surface area contributed by atoms with Crippen LogP contribution in [0, 0.1) is 0 Å². The number of ether oxygens (including phenoxy) is 2. The van der Waals surface area contributed by atoms with Gasteiger partial charge in [0.2, 0.25) is 5.60 Å². The predicted molar refractivity (Wildman–Crippen MR) is 62.4 cm³/mol. The topological polar surface area (TPSA) is 61.5 Å². The van der Waals surface area contributed by atoms with Crippen molar-refractivity contribution in [3.8, 4) is 5.75 Å². The van der Waals surface area contributed by atoms with Gasteiger partial charge in [-0.1, -0.05) is 18.2 Å². The molecule has 1 aliphatic heterocycles. The fraction of sp³-hybridized carbons (Fsp3) is 0.308. The highest BCUT2D eigenvalue weighted by atomic mass is 16.6. The number of nitrogens with two attached hydrogens (primary N) is 1. The third-order valence-electron chi connectivity index (χ3n) is 3.20. The minimum Gasteiger partial charge on any atom is -0.468 e. The summed E-state index contributed by atoms with van der Waals surface area (Å²) in [7, 11) is 0. The molecule has 2 unspecified atom stereocenters. The van der Waals surface area contributed by atoms with Crippen LogP contribution >= 0.6 is 0 Å². The van der Waals surface area contributed by atoms with Gasteiger partial charge in [0.1, 0.15) is 5.75 Å². The van der Waals surface area contributed by atoms with Crippen LogP contribution in [0.1, 0.15) is 12.5 Å². The first-order valence-electron chi connectivity index (χ1n) is 5.63. The monoisotopic (exact) mass is 231 g/mol. The Morgan fingerprint density at radius 1 is 1.53 bits per heavy atom. The Morgan fingerprint density at radius 2 is 2.29 bits per heavy atom. The summed E-state index contributed by atoms with van der Waals surface area (Å²) in [5.74, 6) is 0.283. The van der Waals surface area contributed by atoms with E-state index in [-0.39, 0.29) is 0 Å². The summed E-state index contributed by atoms with van der Waals surface area (Å²) in [6.45, 7) is 2.09. The Labute approximate surface area is 99.0 Å². The third kappa shape index (κ3) is 1.24. The van der Waals surface area contributed by atoms with E-state index in [0.717, 1.165) is 11.1 Å². The van der Waals surface area contributed by atoms with Crippen LogP contribution in [0.25, 0.3) is 6.08 Å². The summed E-state index contributed by atoms with van der Waals surface area (Å²) in [6.07, 6.45) is 1.92. The summed E-state index contributed by atoms with van der Waals surface area (Å²) >= 11 is 0. The van der Waals surface area contributed by atoms with Crippen molar-refractivity contribution in [1.82, 2.24) is 0 Å². The van der Waals surface area contributed by atoms with Crippen molar-refractivity contribution in [2.24, 2.45) is 5.73 Å². The lowest BCUT2D eigenvalue weighted by Gasteiger charge is -2.20. The second kappa shape index (κ2) is 3.34. The number of esters is 1. The van der Waals surface area contributed by atoms with Crippen LogP contribution in [-0.4, -0.2) is 24.2 Å². The molecule has 0 amide bonds. The van der Waals surface area contributed by atoms with Gasteiger partial charge < -0.3 is 15.2 Å². The Bertz CT molecular complexity index is 523. The van der Waals surface area contributed by atoms with E-state index in [2.05, 4.69) is 0 Å². The zero-order valence-electron chi connectivity index (χ0n) is 9.47. The highest BCUT2D eigenvalue weighted by Crippen LogP contribution is 2.51. The van der Waals surface area contributed by atoms with E-state index in [0.29, 0.717) is 12.4 Å². The molecule has 1 aliphatic carbocycles. The largest absolute Gasteiger partial charge is 0.468 e. The fourth-order valence-electron chi connectivity index (χ4n) is 2.23. The Hall–Kier alpha value is -1.81. The number of carbonyl (C=O) groups is 1. The van der Waals surface area contributed by atoms with Crippen molar-refractivity contribution in [3.05, 3.63) is 35.4 Å². The molecule has 0 radical (unpaired) electrons. The number of hydrogen-bond donors (Lipinski definition) is 1. The molecule has 4 nitrogen and oxygen atoms in total. The van der Waals surface area contributed by atoms with E-state index in [1.165, 1.54) is 0 Å². The van der Waals surface area contributed by atoms with E-state index < -0.39 is 17.6 Å². The molecule has 1 heterocycles. The molecule has 3 rings (SSSR count). The highest BCUT2D eigenvalue weighted by molar-refractivity contribution is 5.98. The number of carbonyl (C=O) groups excluding carboxylic acids is 1. The van der Waals surface area contributed by atoms with Crippen LogP contribution < -0.4 is 10.5 Å². The maximum Gasteiger partial charge on any atom is 0.357 e. The van der Waals surface area contributed by atoms with Gasteiger partial charge in [0.25, 0.3) is 0 Å². The van der Waals surface area contributed by atoms with Crippen LogP contribution in [0.5, 0.6) is 5.75 Å². The number of rotatable bonds is 2. The van der Waals surface area contributed by atoms with Gasteiger partial charge >= 0.3 is 5.97 Å². The van der Waals surface area contributed by atoms with Gasteiger partial charge in [0.15, 0.2) is 0 Å². The molecule has 1 saturated carbocycles. The number of fused-ring (bicyclic) bond motifs is 2. The minimum absolute atomic E-state index is 0.325. The molecule has 0 spiro atoms. The quantitative estimate of drug-likeness (QED) is 0.774. The molecule has 17 heavy (non-hydrogen) atoms. The normalized spacial score (nSPS) is 28.4. The number of hydrogen-bond acceptors (Lipinski definition) is 4. The van der Waals surface area contributed by atoms with E-state index in [1.807, 2.05) is 30.3 Å². The molecular formula is C13H13NO3. The molecule has 88 valence electrons. The van der Waals surface area contributed by atoms with Crippen molar-refractivity contribution in [1.29, 1.82) is 0 Å². The van der Waals surface area contributed by atoms with Gasteiger partial charge in [-0.05, 0) is 19.1 Å². The maximum absolute atomic E-state index is 11.9. The number of para-hydroxylation sites is 1. The first-order valence-corrected chi connectivity index (χ1v) is 5.63. The zero-order valence-corrected chi connectivity index (χ0v) is 9.47. The number of benzene rings is 1. The SMILES string of the molecule is CCOC(=O)C12Oc3ccccc3C=C1C2N. The van der Waals surface area contributed by atoms with Gasteiger partial charge in [-0.3, -0.25) is 0 Å². The minimum atomic E-state index is -1.07.